The Bertz CT molecular complexity index is 1060. The van der Waals surface area contributed by atoms with Gasteiger partial charge >= 0.3 is 5.56 Å². The van der Waals surface area contributed by atoms with Gasteiger partial charge in [0, 0.05) is 18.2 Å². The van der Waals surface area contributed by atoms with E-state index in [1.54, 1.807) is 12.3 Å². The summed E-state index contributed by atoms with van der Waals surface area (Å²) in [6.45, 7) is 4.00. The summed E-state index contributed by atoms with van der Waals surface area (Å²) in [6, 6.07) is 13.0. The second kappa shape index (κ2) is 7.40. The highest BCUT2D eigenvalue weighted by molar-refractivity contribution is 6.29. The van der Waals surface area contributed by atoms with E-state index in [0.29, 0.717) is 16.3 Å². The highest BCUT2D eigenvalue weighted by Crippen LogP contribution is 2.31. The molecule has 0 aliphatic carbocycles. The van der Waals surface area contributed by atoms with Crippen LogP contribution >= 0.6 is 11.6 Å². The number of hydrogen-bond donors (Lipinski definition) is 1. The van der Waals surface area contributed by atoms with E-state index in [2.05, 4.69) is 4.98 Å². The number of rotatable bonds is 3. The third-order valence-electron chi connectivity index (χ3n) is 5.34. The zero-order valence-electron chi connectivity index (χ0n) is 16.0. The van der Waals surface area contributed by atoms with Gasteiger partial charge in [0.2, 0.25) is 0 Å². The molecule has 1 atom stereocenters. The fraction of sp³-hybridized carbons (Fsp3) is 0.318. The van der Waals surface area contributed by atoms with Crippen LogP contribution in [0.1, 0.15) is 50.2 Å². The molecule has 0 saturated heterocycles. The van der Waals surface area contributed by atoms with Gasteiger partial charge in [-0.15, -0.1) is 0 Å². The maximum Gasteiger partial charge on any atom is 0.349 e. The lowest BCUT2D eigenvalue weighted by molar-refractivity contribution is -0.735. The summed E-state index contributed by atoms with van der Waals surface area (Å²) < 4.78 is 3.73. The Hall–Kier alpha value is -2.66. The molecule has 5 nitrogen and oxygen atoms in total. The number of halogens is 1. The van der Waals surface area contributed by atoms with E-state index in [1.807, 2.05) is 59.4 Å². The lowest BCUT2D eigenvalue weighted by Gasteiger charge is -2.26. The first kappa shape index (κ1) is 18.7. The highest BCUT2D eigenvalue weighted by Gasteiger charge is 2.37. The van der Waals surface area contributed by atoms with Gasteiger partial charge in [-0.05, 0) is 38.3 Å². The molecule has 1 N–H and O–H groups in total. The third-order valence-corrected chi connectivity index (χ3v) is 5.57. The third kappa shape index (κ3) is 3.10. The summed E-state index contributed by atoms with van der Waals surface area (Å²) in [5.41, 5.74) is 1.87. The normalized spacial score (nSPS) is 16.2. The molecule has 6 heteroatoms. The number of aromatic nitrogens is 3. The Kier molecular flexibility index (Phi) is 4.94. The summed E-state index contributed by atoms with van der Waals surface area (Å²) in [6.07, 6.45) is 4.29. The van der Waals surface area contributed by atoms with Crippen molar-refractivity contribution in [1.82, 2.24) is 9.55 Å². The van der Waals surface area contributed by atoms with Gasteiger partial charge in [-0.2, -0.15) is 9.13 Å². The molecule has 3 aromatic rings. The minimum atomic E-state index is -0.153. The zero-order valence-corrected chi connectivity index (χ0v) is 16.7. The molecule has 3 heterocycles. The maximum absolute atomic E-state index is 13.4. The van der Waals surface area contributed by atoms with E-state index in [9.17, 15) is 9.90 Å². The Morgan fingerprint density at radius 1 is 1.21 bits per heavy atom. The molecule has 1 unspecified atom stereocenters. The fourth-order valence-corrected chi connectivity index (χ4v) is 4.24. The van der Waals surface area contributed by atoms with Crippen molar-refractivity contribution in [3.05, 3.63) is 75.6 Å². The molecule has 144 valence electrons. The van der Waals surface area contributed by atoms with E-state index in [4.69, 9.17) is 11.6 Å². The van der Waals surface area contributed by atoms with Crippen LogP contribution in [0.15, 0.2) is 53.5 Å². The quantitative estimate of drug-likeness (QED) is 0.536. The average molecular weight is 397 g/mol. The van der Waals surface area contributed by atoms with Crippen molar-refractivity contribution in [2.75, 3.05) is 0 Å². The number of fused-ring (bicyclic) bond motifs is 1. The number of aromatic hydroxyl groups is 1. The van der Waals surface area contributed by atoms with Crippen LogP contribution in [0.2, 0.25) is 5.15 Å². The van der Waals surface area contributed by atoms with Crippen LogP contribution in [-0.2, 0) is 6.42 Å². The van der Waals surface area contributed by atoms with Gasteiger partial charge < -0.3 is 5.11 Å². The highest BCUT2D eigenvalue weighted by atomic mass is 35.5. The van der Waals surface area contributed by atoms with Crippen LogP contribution < -0.4 is 10.1 Å². The SMILES string of the molecule is CC(C)n1c2[n+](c(O)c(-c3ccccc3)c1=O)C(c1ccc(Cl)nc1)CCC2. The largest absolute Gasteiger partial charge is 0.477 e. The van der Waals surface area contributed by atoms with Crippen molar-refractivity contribution in [2.45, 2.75) is 45.2 Å². The Morgan fingerprint density at radius 2 is 1.96 bits per heavy atom. The molecular formula is C22H23ClN3O2+. The summed E-state index contributed by atoms with van der Waals surface area (Å²) in [5, 5.41) is 11.7. The van der Waals surface area contributed by atoms with E-state index >= 15 is 0 Å². The van der Waals surface area contributed by atoms with Gasteiger partial charge in [0.05, 0.1) is 6.04 Å². The molecule has 0 spiro atoms. The van der Waals surface area contributed by atoms with E-state index < -0.39 is 0 Å². The topological polar surface area (TPSA) is 59.0 Å². The van der Waals surface area contributed by atoms with Crippen LogP contribution in [-0.4, -0.2) is 14.7 Å². The second-order valence-corrected chi connectivity index (χ2v) is 7.83. The predicted octanol–water partition coefficient (Wildman–Crippen LogP) is 4.06. The van der Waals surface area contributed by atoms with Crippen LogP contribution in [0, 0.1) is 0 Å². The minimum Gasteiger partial charge on any atom is -0.477 e. The number of hydrogen-bond acceptors (Lipinski definition) is 3. The molecule has 1 aliphatic heterocycles. The molecule has 0 bridgehead atoms. The first-order valence-corrected chi connectivity index (χ1v) is 9.95. The summed E-state index contributed by atoms with van der Waals surface area (Å²) in [5.74, 6) is 0.867. The Balaban J connectivity index is 2.03. The number of nitrogens with zero attached hydrogens (tertiary/aromatic N) is 3. The van der Waals surface area contributed by atoms with Crippen LogP contribution in [0.4, 0.5) is 0 Å². The van der Waals surface area contributed by atoms with Gasteiger partial charge in [0.25, 0.3) is 11.7 Å². The van der Waals surface area contributed by atoms with Gasteiger partial charge in [-0.25, -0.2) is 9.78 Å². The smallest absolute Gasteiger partial charge is 0.349 e. The summed E-state index contributed by atoms with van der Waals surface area (Å²) in [4.78, 5) is 17.6. The van der Waals surface area contributed by atoms with Crippen molar-refractivity contribution in [1.29, 1.82) is 0 Å². The first-order valence-electron chi connectivity index (χ1n) is 9.57. The standard InChI is InChI=1S/C22H22ClN3O2/c1-14(2)25-19-10-6-9-17(16-11-12-18(23)24-13-16)26(19)22(28)20(21(25)27)15-7-4-3-5-8-15/h3-5,7-8,11-14,17H,6,9-10H2,1-2H3/p+1. The molecule has 1 aliphatic rings. The summed E-state index contributed by atoms with van der Waals surface area (Å²) >= 11 is 5.96. The molecule has 1 aromatic carbocycles. The monoisotopic (exact) mass is 396 g/mol. The van der Waals surface area contributed by atoms with Crippen molar-refractivity contribution < 1.29 is 9.67 Å². The van der Waals surface area contributed by atoms with Crippen LogP contribution in [0.5, 0.6) is 5.88 Å². The minimum absolute atomic E-state index is 0.0149. The lowest BCUT2D eigenvalue weighted by Crippen LogP contribution is -2.52. The van der Waals surface area contributed by atoms with Gasteiger partial charge in [0.1, 0.15) is 11.2 Å². The van der Waals surface area contributed by atoms with E-state index in [1.165, 1.54) is 0 Å². The predicted molar refractivity (Wildman–Crippen MR) is 109 cm³/mol. The van der Waals surface area contributed by atoms with Crippen LogP contribution in [0.25, 0.3) is 11.1 Å². The van der Waals surface area contributed by atoms with E-state index in [0.717, 1.165) is 30.7 Å². The first-order chi connectivity index (χ1) is 13.5. The Morgan fingerprint density at radius 3 is 2.61 bits per heavy atom. The molecule has 2 aromatic heterocycles. The zero-order chi connectivity index (χ0) is 19.8. The van der Waals surface area contributed by atoms with Crippen LogP contribution in [0.3, 0.4) is 0 Å². The fourth-order valence-electron chi connectivity index (χ4n) is 4.13. The second-order valence-electron chi connectivity index (χ2n) is 7.44. The molecule has 0 amide bonds. The maximum atomic E-state index is 13.4. The molecule has 0 radical (unpaired) electrons. The number of pyridine rings is 1. The van der Waals surface area contributed by atoms with Crippen molar-refractivity contribution in [2.24, 2.45) is 0 Å². The molecule has 4 rings (SSSR count). The summed E-state index contributed by atoms with van der Waals surface area (Å²) in [7, 11) is 0. The molecule has 0 saturated carbocycles. The number of benzene rings is 1. The molecule has 0 fully saturated rings. The molecular weight excluding hydrogens is 374 g/mol. The van der Waals surface area contributed by atoms with Crippen molar-refractivity contribution in [3.8, 4) is 17.0 Å². The lowest BCUT2D eigenvalue weighted by atomic mass is 9.96. The van der Waals surface area contributed by atoms with Gasteiger partial charge in [-0.1, -0.05) is 48.0 Å². The Labute approximate surface area is 168 Å². The van der Waals surface area contributed by atoms with Crippen molar-refractivity contribution >= 4 is 11.6 Å². The van der Waals surface area contributed by atoms with Crippen molar-refractivity contribution in [3.63, 3.8) is 0 Å². The van der Waals surface area contributed by atoms with Gasteiger partial charge in [0.15, 0.2) is 5.56 Å². The van der Waals surface area contributed by atoms with Gasteiger partial charge in [-0.3, -0.25) is 0 Å². The average Bonchev–Trinajstić information content (AvgIpc) is 2.69. The molecule has 28 heavy (non-hydrogen) atoms. The van der Waals surface area contributed by atoms with E-state index in [-0.39, 0.29) is 23.5 Å².